The Kier molecular flexibility index (Phi) is 7.17. The number of hydrogen-bond donors (Lipinski definition) is 3. The third-order valence-corrected chi connectivity index (χ3v) is 5.39. The molecule has 0 radical (unpaired) electrons. The van der Waals surface area contributed by atoms with Gasteiger partial charge in [-0.1, -0.05) is 31.1 Å². The first-order valence-corrected chi connectivity index (χ1v) is 10.9. The van der Waals surface area contributed by atoms with E-state index in [0.29, 0.717) is 17.3 Å². The number of benzene rings is 1. The van der Waals surface area contributed by atoms with Crippen LogP contribution >= 0.6 is 11.3 Å². The topological polar surface area (TPSA) is 123 Å². The summed E-state index contributed by atoms with van der Waals surface area (Å²) in [5, 5.41) is 8.40. The summed E-state index contributed by atoms with van der Waals surface area (Å²) >= 11 is 1.33. The lowest BCUT2D eigenvalue weighted by Crippen LogP contribution is -2.22. The maximum atomic E-state index is 12.0. The zero-order chi connectivity index (χ0) is 20.0. The number of carbonyl (C=O) groups is 1. The van der Waals surface area contributed by atoms with E-state index in [0.717, 1.165) is 35.4 Å². The molecule has 0 bridgehead atoms. The number of anilines is 2. The van der Waals surface area contributed by atoms with Gasteiger partial charge in [0, 0.05) is 6.42 Å². The normalized spacial score (nSPS) is 11.3. The minimum absolute atomic E-state index is 0.0601. The van der Waals surface area contributed by atoms with Crippen LogP contribution in [0.5, 0.6) is 5.75 Å². The highest BCUT2D eigenvalue weighted by Gasteiger charge is 2.15. The molecule has 0 aliphatic heterocycles. The molecule has 0 unspecified atom stereocenters. The Labute approximate surface area is 163 Å². The number of hydrogen-bond acceptors (Lipinski definition) is 6. The molecule has 0 aliphatic carbocycles. The van der Waals surface area contributed by atoms with Crippen molar-refractivity contribution in [3.63, 3.8) is 0 Å². The van der Waals surface area contributed by atoms with Crippen molar-refractivity contribution in [3.05, 3.63) is 23.9 Å². The largest absolute Gasteiger partial charge is 0.495 e. The summed E-state index contributed by atoms with van der Waals surface area (Å²) in [5.74, 6) is 0.287. The molecule has 1 amide bonds. The smallest absolute Gasteiger partial charge is 0.296 e. The molecular formula is C17H24N4O4S2. The summed E-state index contributed by atoms with van der Waals surface area (Å²) < 4.78 is 30.1. The Bertz CT molecular complexity index is 910. The highest BCUT2D eigenvalue weighted by atomic mass is 32.2. The summed E-state index contributed by atoms with van der Waals surface area (Å²) in [4.78, 5) is 17.2. The lowest BCUT2D eigenvalue weighted by atomic mass is 10.1. The number of amides is 1. The third kappa shape index (κ3) is 6.19. The van der Waals surface area contributed by atoms with Gasteiger partial charge in [-0.3, -0.25) is 9.52 Å². The average Bonchev–Trinajstić information content (AvgIpc) is 2.93. The lowest BCUT2D eigenvalue weighted by Gasteiger charge is -2.11. The fraction of sp³-hybridized carbons (Fsp3) is 0.412. The standard InChI is InChI=1S/C17H24N4O4S2/c1-4-5-6-7-15(22)20-17-19-11(2)16(26-17)12-8-9-14(25-3)13(10-12)21-27(18,23)24/h8-10,21H,4-7H2,1-3H3,(H2,18,23,24)(H,19,20,22). The van der Waals surface area contributed by atoms with Gasteiger partial charge >= 0.3 is 0 Å². The molecule has 8 nitrogen and oxygen atoms in total. The second-order valence-electron chi connectivity index (χ2n) is 6.00. The molecule has 27 heavy (non-hydrogen) atoms. The highest BCUT2D eigenvalue weighted by Crippen LogP contribution is 2.37. The number of nitrogens with one attached hydrogen (secondary N) is 2. The number of methoxy groups -OCH3 is 1. The zero-order valence-electron chi connectivity index (χ0n) is 15.5. The SMILES string of the molecule is CCCCCC(=O)Nc1nc(C)c(-c2ccc(OC)c(NS(N)(=O)=O)c2)s1. The fourth-order valence-electron chi connectivity index (χ4n) is 2.52. The molecule has 1 aromatic carbocycles. The summed E-state index contributed by atoms with van der Waals surface area (Å²) in [7, 11) is -2.50. The van der Waals surface area contributed by atoms with Gasteiger partial charge in [0.2, 0.25) is 5.91 Å². The van der Waals surface area contributed by atoms with Gasteiger partial charge in [0.05, 0.1) is 23.4 Å². The van der Waals surface area contributed by atoms with Crippen LogP contribution in [0.4, 0.5) is 10.8 Å². The van der Waals surface area contributed by atoms with Crippen LogP contribution in [0, 0.1) is 6.92 Å². The molecule has 0 atom stereocenters. The number of aromatic nitrogens is 1. The first kappa shape index (κ1) is 21.1. The molecule has 0 spiro atoms. The Morgan fingerprint density at radius 1 is 1.33 bits per heavy atom. The van der Waals surface area contributed by atoms with E-state index in [-0.39, 0.29) is 11.6 Å². The van der Waals surface area contributed by atoms with Crippen LogP contribution in [0.25, 0.3) is 10.4 Å². The molecule has 4 N–H and O–H groups in total. The number of unbranched alkanes of at least 4 members (excludes halogenated alkanes) is 2. The number of aryl methyl sites for hydroxylation is 1. The number of nitrogens with two attached hydrogens (primary N) is 1. The number of carbonyl (C=O) groups excluding carboxylic acids is 1. The molecular weight excluding hydrogens is 388 g/mol. The molecule has 2 rings (SSSR count). The van der Waals surface area contributed by atoms with Crippen LogP contribution in [-0.4, -0.2) is 26.4 Å². The Hall–Kier alpha value is -2.17. The second-order valence-corrected chi connectivity index (χ2v) is 8.29. The van der Waals surface area contributed by atoms with Crippen molar-refractivity contribution in [2.75, 3.05) is 17.1 Å². The van der Waals surface area contributed by atoms with Crippen molar-refractivity contribution >= 4 is 38.3 Å². The van der Waals surface area contributed by atoms with Gasteiger partial charge in [-0.05, 0) is 37.1 Å². The van der Waals surface area contributed by atoms with Gasteiger partial charge in [-0.15, -0.1) is 0 Å². The lowest BCUT2D eigenvalue weighted by molar-refractivity contribution is -0.116. The molecule has 2 aromatic rings. The summed E-state index contributed by atoms with van der Waals surface area (Å²) in [5.41, 5.74) is 1.70. The Morgan fingerprint density at radius 3 is 2.70 bits per heavy atom. The molecule has 0 saturated heterocycles. The number of ether oxygens (including phenoxy) is 1. The van der Waals surface area contributed by atoms with Crippen LogP contribution < -0.4 is 19.9 Å². The Morgan fingerprint density at radius 2 is 2.07 bits per heavy atom. The van der Waals surface area contributed by atoms with Gasteiger partial charge < -0.3 is 10.1 Å². The zero-order valence-corrected chi connectivity index (χ0v) is 17.2. The maximum absolute atomic E-state index is 12.0. The molecule has 0 saturated carbocycles. The van der Waals surface area contributed by atoms with Gasteiger partial charge in [0.25, 0.3) is 10.2 Å². The predicted octanol–water partition coefficient (Wildman–Crippen LogP) is 3.26. The quantitative estimate of drug-likeness (QED) is 0.545. The van der Waals surface area contributed by atoms with Crippen molar-refractivity contribution < 1.29 is 17.9 Å². The molecule has 0 fully saturated rings. The minimum Gasteiger partial charge on any atom is -0.495 e. The molecule has 10 heteroatoms. The van der Waals surface area contributed by atoms with E-state index in [1.54, 1.807) is 18.2 Å². The van der Waals surface area contributed by atoms with Gasteiger partial charge in [0.1, 0.15) is 5.75 Å². The molecule has 148 valence electrons. The molecule has 1 aromatic heterocycles. The third-order valence-electron chi connectivity index (χ3n) is 3.76. The minimum atomic E-state index is -3.94. The maximum Gasteiger partial charge on any atom is 0.296 e. The summed E-state index contributed by atoms with van der Waals surface area (Å²) in [6, 6.07) is 5.06. The monoisotopic (exact) mass is 412 g/mol. The first-order valence-electron chi connectivity index (χ1n) is 8.49. The van der Waals surface area contributed by atoms with Crippen LogP contribution in [-0.2, 0) is 15.0 Å². The molecule has 0 aliphatic rings. The van der Waals surface area contributed by atoms with E-state index < -0.39 is 10.2 Å². The van der Waals surface area contributed by atoms with Crippen LogP contribution in [0.3, 0.4) is 0 Å². The van der Waals surface area contributed by atoms with E-state index in [2.05, 4.69) is 21.9 Å². The number of thiazole rings is 1. The van der Waals surface area contributed by atoms with Crippen molar-refractivity contribution in [1.82, 2.24) is 4.98 Å². The highest BCUT2D eigenvalue weighted by molar-refractivity contribution is 7.90. The molecule has 1 heterocycles. The van der Waals surface area contributed by atoms with E-state index in [9.17, 15) is 13.2 Å². The first-order chi connectivity index (χ1) is 12.7. The van der Waals surface area contributed by atoms with E-state index in [4.69, 9.17) is 9.88 Å². The Balaban J connectivity index is 2.24. The van der Waals surface area contributed by atoms with Crippen LogP contribution in [0.1, 0.15) is 38.3 Å². The fourth-order valence-corrected chi connectivity index (χ4v) is 3.96. The van der Waals surface area contributed by atoms with Crippen LogP contribution in [0.2, 0.25) is 0 Å². The number of rotatable bonds is 9. The van der Waals surface area contributed by atoms with Gasteiger partial charge in [0.15, 0.2) is 5.13 Å². The van der Waals surface area contributed by atoms with Crippen molar-refractivity contribution in [1.29, 1.82) is 0 Å². The van der Waals surface area contributed by atoms with Gasteiger partial charge in [-0.25, -0.2) is 10.1 Å². The summed E-state index contributed by atoms with van der Waals surface area (Å²) in [6.45, 7) is 3.91. The second kappa shape index (κ2) is 9.16. The van der Waals surface area contributed by atoms with Crippen molar-refractivity contribution in [2.24, 2.45) is 5.14 Å². The van der Waals surface area contributed by atoms with Crippen molar-refractivity contribution in [3.8, 4) is 16.2 Å². The van der Waals surface area contributed by atoms with E-state index >= 15 is 0 Å². The predicted molar refractivity (Wildman–Crippen MR) is 108 cm³/mol. The summed E-state index contributed by atoms with van der Waals surface area (Å²) in [6.07, 6.45) is 3.38. The van der Waals surface area contributed by atoms with E-state index in [1.165, 1.54) is 18.4 Å². The van der Waals surface area contributed by atoms with Gasteiger partial charge in [-0.2, -0.15) is 8.42 Å². The van der Waals surface area contributed by atoms with Crippen LogP contribution in [0.15, 0.2) is 18.2 Å². The van der Waals surface area contributed by atoms with Crippen molar-refractivity contribution in [2.45, 2.75) is 39.5 Å². The van der Waals surface area contributed by atoms with E-state index in [1.807, 2.05) is 6.92 Å². The average molecular weight is 413 g/mol. The number of nitrogens with zero attached hydrogens (tertiary/aromatic N) is 1.